The van der Waals surface area contributed by atoms with Gasteiger partial charge in [-0.3, -0.25) is 0 Å². The van der Waals surface area contributed by atoms with Crippen LogP contribution in [0.5, 0.6) is 0 Å². The second kappa shape index (κ2) is 4.58. The van der Waals surface area contributed by atoms with Crippen molar-refractivity contribution in [2.45, 2.75) is 11.8 Å². The lowest BCUT2D eigenvalue weighted by Gasteiger charge is -2.40. The Labute approximate surface area is 131 Å². The molecule has 1 aromatic rings. The molecule has 1 aromatic carbocycles. The predicted molar refractivity (Wildman–Crippen MR) is 91.6 cm³/mol. The molecule has 106 valence electrons. The third-order valence-corrected chi connectivity index (χ3v) is 5.37. The van der Waals surface area contributed by atoms with Crippen LogP contribution in [0.3, 0.4) is 0 Å². The van der Waals surface area contributed by atoms with Gasteiger partial charge in [-0.25, -0.2) is 0 Å². The Morgan fingerprint density at radius 1 is 0.545 bits per heavy atom. The minimum atomic E-state index is 0.441. The SMILES string of the molecule is C1=CC(C2=CC3C(C4C=CC=C4)=CC2c2ccccc23)C=C1. The number of hydrogen-bond donors (Lipinski definition) is 0. The van der Waals surface area contributed by atoms with Gasteiger partial charge in [0.2, 0.25) is 0 Å². The molecule has 6 rings (SSSR count). The fourth-order valence-electron chi connectivity index (χ4n) is 4.35. The molecule has 0 aromatic heterocycles. The molecular formula is C22H18. The van der Waals surface area contributed by atoms with Crippen LogP contribution in [-0.2, 0) is 0 Å². The second-order valence-electron chi connectivity index (χ2n) is 6.51. The minimum absolute atomic E-state index is 0.441. The van der Waals surface area contributed by atoms with Crippen LogP contribution in [-0.4, -0.2) is 0 Å². The highest BCUT2D eigenvalue weighted by Crippen LogP contribution is 2.52. The maximum absolute atomic E-state index is 2.53. The Morgan fingerprint density at radius 3 is 1.36 bits per heavy atom. The van der Waals surface area contributed by atoms with E-state index in [0.717, 1.165) is 0 Å². The molecule has 22 heavy (non-hydrogen) atoms. The molecule has 2 bridgehead atoms. The van der Waals surface area contributed by atoms with Crippen molar-refractivity contribution in [3.63, 3.8) is 0 Å². The highest BCUT2D eigenvalue weighted by atomic mass is 14.4. The Morgan fingerprint density at radius 2 is 0.955 bits per heavy atom. The van der Waals surface area contributed by atoms with Gasteiger partial charge in [-0.2, -0.15) is 0 Å². The number of hydrogen-bond acceptors (Lipinski definition) is 0. The quantitative estimate of drug-likeness (QED) is 0.652. The van der Waals surface area contributed by atoms with Crippen molar-refractivity contribution in [3.8, 4) is 0 Å². The van der Waals surface area contributed by atoms with Crippen LogP contribution in [0.1, 0.15) is 23.0 Å². The largest absolute Gasteiger partial charge is 0.0735 e. The monoisotopic (exact) mass is 282 g/mol. The molecule has 0 radical (unpaired) electrons. The van der Waals surface area contributed by atoms with Crippen molar-refractivity contribution in [2.75, 3.05) is 0 Å². The number of allylic oxidation sites excluding steroid dienone is 12. The molecule has 0 heterocycles. The summed E-state index contributed by atoms with van der Waals surface area (Å²) in [6.07, 6.45) is 23.0. The molecule has 0 amide bonds. The molecule has 0 nitrogen and oxygen atoms in total. The summed E-state index contributed by atoms with van der Waals surface area (Å²) in [6.45, 7) is 0. The Balaban J connectivity index is 1.64. The van der Waals surface area contributed by atoms with Crippen molar-refractivity contribution in [3.05, 3.63) is 107 Å². The van der Waals surface area contributed by atoms with Crippen LogP contribution in [0, 0.1) is 11.8 Å². The Hall–Kier alpha value is -2.34. The van der Waals surface area contributed by atoms with E-state index in [4.69, 9.17) is 0 Å². The first kappa shape index (κ1) is 12.2. The van der Waals surface area contributed by atoms with Gasteiger partial charge >= 0.3 is 0 Å². The molecule has 0 spiro atoms. The number of rotatable bonds is 2. The maximum atomic E-state index is 2.53. The summed E-state index contributed by atoms with van der Waals surface area (Å²) in [5.41, 5.74) is 6.13. The van der Waals surface area contributed by atoms with Crippen molar-refractivity contribution in [1.82, 2.24) is 0 Å². The lowest BCUT2D eigenvalue weighted by molar-refractivity contribution is 0.693. The van der Waals surface area contributed by atoms with Gasteiger partial charge in [-0.05, 0) is 11.1 Å². The van der Waals surface area contributed by atoms with Crippen molar-refractivity contribution in [2.24, 2.45) is 11.8 Å². The highest BCUT2D eigenvalue weighted by Gasteiger charge is 2.37. The zero-order valence-electron chi connectivity index (χ0n) is 12.4. The molecule has 0 N–H and O–H groups in total. The zero-order chi connectivity index (χ0) is 14.5. The van der Waals surface area contributed by atoms with Gasteiger partial charge in [0.05, 0.1) is 0 Å². The standard InChI is InChI=1S/C22H18/c1-2-8-15(7-1)19-13-22-18-12-6-5-11-17(18)21(19)14-20(22)16-9-3-4-10-16/h1-16,21-22H. The molecule has 0 heteroatoms. The summed E-state index contributed by atoms with van der Waals surface area (Å²) >= 11 is 0. The van der Waals surface area contributed by atoms with Crippen molar-refractivity contribution in [1.29, 1.82) is 0 Å². The normalized spacial score (nSPS) is 28.4. The van der Waals surface area contributed by atoms with E-state index in [9.17, 15) is 0 Å². The average molecular weight is 282 g/mol. The van der Waals surface area contributed by atoms with E-state index in [-0.39, 0.29) is 0 Å². The molecular weight excluding hydrogens is 264 g/mol. The van der Waals surface area contributed by atoms with Gasteiger partial charge in [-0.1, -0.05) is 96.2 Å². The molecule has 0 fully saturated rings. The van der Waals surface area contributed by atoms with E-state index in [1.807, 2.05) is 0 Å². The minimum Gasteiger partial charge on any atom is -0.0735 e. The third kappa shape index (κ3) is 1.64. The summed E-state index contributed by atoms with van der Waals surface area (Å²) in [7, 11) is 0. The smallest absolute Gasteiger partial charge is 0.0244 e. The van der Waals surface area contributed by atoms with Gasteiger partial charge in [0, 0.05) is 23.7 Å². The summed E-state index contributed by atoms with van der Waals surface area (Å²) < 4.78 is 0. The van der Waals surface area contributed by atoms with Crippen LogP contribution in [0.4, 0.5) is 0 Å². The Kier molecular flexibility index (Phi) is 2.54. The topological polar surface area (TPSA) is 0 Å². The highest BCUT2D eigenvalue weighted by molar-refractivity contribution is 5.60. The lowest BCUT2D eigenvalue weighted by atomic mass is 9.64. The van der Waals surface area contributed by atoms with Crippen LogP contribution >= 0.6 is 0 Å². The van der Waals surface area contributed by atoms with E-state index in [1.54, 1.807) is 11.1 Å². The number of benzene rings is 1. The van der Waals surface area contributed by atoms with Gasteiger partial charge < -0.3 is 0 Å². The van der Waals surface area contributed by atoms with Crippen LogP contribution in [0.25, 0.3) is 0 Å². The predicted octanol–water partition coefficient (Wildman–Crippen LogP) is 5.22. The summed E-state index contributed by atoms with van der Waals surface area (Å²) in [5, 5.41) is 0. The van der Waals surface area contributed by atoms with Gasteiger partial charge in [0.25, 0.3) is 0 Å². The molecule has 2 atom stereocenters. The van der Waals surface area contributed by atoms with E-state index < -0.39 is 0 Å². The maximum Gasteiger partial charge on any atom is 0.0244 e. The van der Waals surface area contributed by atoms with E-state index in [1.165, 1.54) is 11.1 Å². The first-order valence-electron chi connectivity index (χ1n) is 8.14. The van der Waals surface area contributed by atoms with Crippen molar-refractivity contribution < 1.29 is 0 Å². The molecule has 0 saturated carbocycles. The molecule has 5 aliphatic rings. The molecule has 0 aliphatic heterocycles. The molecule has 5 aliphatic carbocycles. The summed E-state index contributed by atoms with van der Waals surface area (Å²) in [4.78, 5) is 0. The van der Waals surface area contributed by atoms with Gasteiger partial charge in [0.1, 0.15) is 0 Å². The van der Waals surface area contributed by atoms with Crippen molar-refractivity contribution >= 4 is 0 Å². The zero-order valence-corrected chi connectivity index (χ0v) is 12.4. The van der Waals surface area contributed by atoms with E-state index in [2.05, 4.69) is 85.0 Å². The van der Waals surface area contributed by atoms with Gasteiger partial charge in [-0.15, -0.1) is 0 Å². The van der Waals surface area contributed by atoms with Crippen LogP contribution in [0.15, 0.2) is 96.2 Å². The Bertz CT molecular complexity index is 717. The summed E-state index contributed by atoms with van der Waals surface area (Å²) in [5.74, 6) is 1.84. The average Bonchev–Trinajstić information content (AvgIpc) is 3.28. The third-order valence-electron chi connectivity index (χ3n) is 5.37. The molecule has 2 unspecified atom stereocenters. The van der Waals surface area contributed by atoms with Gasteiger partial charge in [0.15, 0.2) is 0 Å². The van der Waals surface area contributed by atoms with Crippen LogP contribution < -0.4 is 0 Å². The van der Waals surface area contributed by atoms with E-state index >= 15 is 0 Å². The fraction of sp³-hybridized carbons (Fsp3) is 0.182. The lowest BCUT2D eigenvalue weighted by Crippen LogP contribution is -2.25. The summed E-state index contributed by atoms with van der Waals surface area (Å²) in [6, 6.07) is 8.99. The second-order valence-corrected chi connectivity index (χ2v) is 6.51. The first-order valence-corrected chi connectivity index (χ1v) is 8.14. The fourth-order valence-corrected chi connectivity index (χ4v) is 4.35. The first-order chi connectivity index (χ1) is 10.9. The molecule has 0 saturated heterocycles. The van der Waals surface area contributed by atoms with E-state index in [0.29, 0.717) is 23.7 Å². The van der Waals surface area contributed by atoms with Crippen LogP contribution in [0.2, 0.25) is 0 Å².